The molecule has 1 aliphatic rings. The van der Waals surface area contributed by atoms with Crippen molar-refractivity contribution < 1.29 is 0 Å². The number of hydrazone groups is 1. The van der Waals surface area contributed by atoms with Crippen molar-refractivity contribution in [1.29, 1.82) is 0 Å². The quantitative estimate of drug-likeness (QED) is 0.749. The maximum Gasteiger partial charge on any atom is 0.227 e. The molecule has 0 spiro atoms. The van der Waals surface area contributed by atoms with E-state index in [0.717, 1.165) is 0 Å². The number of nitrogens with one attached hydrogen (secondary N) is 1. The minimum Gasteiger partial charge on any atom is -0.340 e. The van der Waals surface area contributed by atoms with Crippen LogP contribution in [0.25, 0.3) is 0 Å². The van der Waals surface area contributed by atoms with Gasteiger partial charge < -0.3 is 4.90 Å². The minimum absolute atomic E-state index is 0.566. The maximum absolute atomic E-state index is 5.90. The number of hydrogen-bond acceptors (Lipinski definition) is 3. The van der Waals surface area contributed by atoms with E-state index in [1.165, 1.54) is 6.34 Å². The Kier molecular flexibility index (Phi) is 3.36. The fraction of sp³-hybridized carbons (Fsp3) is 0.800. The van der Waals surface area contributed by atoms with Crippen LogP contribution in [-0.2, 0) is 0 Å². The number of hydrogen-bond donors (Lipinski definition) is 1. The number of alkyl halides is 5. The van der Waals surface area contributed by atoms with Gasteiger partial charge in [0.1, 0.15) is 6.34 Å². The first kappa shape index (κ1) is 11.8. The zero-order valence-corrected chi connectivity index (χ0v) is 10.2. The molecule has 0 aromatic rings. The normalized spacial score (nSPS) is 23.5. The molecular weight excluding hydrogens is 279 g/mol. The second kappa shape index (κ2) is 3.70. The van der Waals surface area contributed by atoms with E-state index < -0.39 is 14.3 Å². The highest BCUT2D eigenvalue weighted by atomic mass is 35.6. The summed E-state index contributed by atoms with van der Waals surface area (Å²) in [6.07, 6.45) is 0.934. The highest BCUT2D eigenvalue weighted by Crippen LogP contribution is 2.48. The molecule has 1 unspecified atom stereocenters. The second-order valence-corrected chi connectivity index (χ2v) is 6.23. The van der Waals surface area contributed by atoms with Crippen molar-refractivity contribution in [2.24, 2.45) is 5.10 Å². The Balaban J connectivity index is 2.82. The van der Waals surface area contributed by atoms with Crippen LogP contribution in [0.1, 0.15) is 0 Å². The molecule has 13 heavy (non-hydrogen) atoms. The van der Waals surface area contributed by atoms with Crippen LogP contribution in [-0.4, -0.2) is 32.6 Å². The Morgan fingerprint density at radius 2 is 1.85 bits per heavy atom. The van der Waals surface area contributed by atoms with E-state index >= 15 is 0 Å². The van der Waals surface area contributed by atoms with Gasteiger partial charge in [0, 0.05) is 7.05 Å². The molecule has 0 aromatic carbocycles. The summed E-state index contributed by atoms with van der Waals surface area (Å²) in [5.41, 5.74) is 2.63. The van der Waals surface area contributed by atoms with E-state index in [1.54, 1.807) is 11.9 Å². The lowest BCUT2D eigenvalue weighted by molar-refractivity contribution is 0.320. The first-order chi connectivity index (χ1) is 5.77. The third-order valence-electron chi connectivity index (χ3n) is 1.57. The molecule has 1 aliphatic heterocycles. The fourth-order valence-electron chi connectivity index (χ4n) is 0.845. The predicted molar refractivity (Wildman–Crippen MR) is 57.9 cm³/mol. The molecular formula is C5H6Cl5N3. The van der Waals surface area contributed by atoms with Gasteiger partial charge in [0.2, 0.25) is 8.13 Å². The lowest BCUT2D eigenvalue weighted by Crippen LogP contribution is -2.54. The van der Waals surface area contributed by atoms with Crippen LogP contribution in [0.2, 0.25) is 0 Å². The average Bonchev–Trinajstić information content (AvgIpc) is 2.32. The van der Waals surface area contributed by atoms with Gasteiger partial charge in [0.05, 0.1) is 0 Å². The standard InChI is InChI=1S/C5H6Cl5N3/c1-13-2-11-12-3(13)4(6,7)5(8,9)10/h2-3,12H,1H3. The highest BCUT2D eigenvalue weighted by molar-refractivity contribution is 6.75. The van der Waals surface area contributed by atoms with Crippen LogP contribution in [0, 0.1) is 0 Å². The Hall–Kier alpha value is 0.720. The van der Waals surface area contributed by atoms with Gasteiger partial charge in [0.15, 0.2) is 6.17 Å². The van der Waals surface area contributed by atoms with Crippen molar-refractivity contribution >= 4 is 64.3 Å². The minimum atomic E-state index is -1.80. The summed E-state index contributed by atoms with van der Waals surface area (Å²) in [5, 5.41) is 3.73. The van der Waals surface area contributed by atoms with Gasteiger partial charge in [-0.1, -0.05) is 58.0 Å². The summed E-state index contributed by atoms with van der Waals surface area (Å²) in [6.45, 7) is 0. The molecule has 0 radical (unpaired) electrons. The van der Waals surface area contributed by atoms with E-state index in [0.29, 0.717) is 0 Å². The molecule has 0 bridgehead atoms. The maximum atomic E-state index is 5.90. The van der Waals surface area contributed by atoms with Gasteiger partial charge in [0.25, 0.3) is 0 Å². The van der Waals surface area contributed by atoms with Gasteiger partial charge in [-0.15, -0.1) is 0 Å². The van der Waals surface area contributed by atoms with E-state index in [4.69, 9.17) is 58.0 Å². The van der Waals surface area contributed by atoms with Gasteiger partial charge in [-0.05, 0) is 0 Å². The average molecular weight is 285 g/mol. The van der Waals surface area contributed by atoms with E-state index in [-0.39, 0.29) is 0 Å². The predicted octanol–water partition coefficient (Wildman–Crippen LogP) is 2.33. The smallest absolute Gasteiger partial charge is 0.227 e. The highest BCUT2D eigenvalue weighted by Gasteiger charge is 2.54. The Bertz CT molecular complexity index is 223. The van der Waals surface area contributed by atoms with Crippen molar-refractivity contribution in [1.82, 2.24) is 10.3 Å². The molecule has 1 rings (SSSR count). The van der Waals surface area contributed by atoms with Crippen LogP contribution < -0.4 is 5.43 Å². The summed E-state index contributed by atoms with van der Waals surface area (Å²) >= 11 is 28.6. The van der Waals surface area contributed by atoms with Gasteiger partial charge in [-0.25, -0.2) is 0 Å². The van der Waals surface area contributed by atoms with Crippen molar-refractivity contribution in [3.63, 3.8) is 0 Å². The van der Waals surface area contributed by atoms with Gasteiger partial charge in [-0.2, -0.15) is 5.10 Å². The number of rotatable bonds is 1. The van der Waals surface area contributed by atoms with Crippen LogP contribution in [0.15, 0.2) is 5.10 Å². The number of halogens is 5. The first-order valence-electron chi connectivity index (χ1n) is 3.22. The van der Waals surface area contributed by atoms with Crippen LogP contribution in [0.4, 0.5) is 0 Å². The second-order valence-electron chi connectivity index (χ2n) is 2.56. The van der Waals surface area contributed by atoms with Crippen LogP contribution >= 0.6 is 58.0 Å². The van der Waals surface area contributed by atoms with Crippen LogP contribution in [0.5, 0.6) is 0 Å². The van der Waals surface area contributed by atoms with E-state index in [1.807, 2.05) is 0 Å². The van der Waals surface area contributed by atoms with Crippen molar-refractivity contribution in [3.05, 3.63) is 0 Å². The molecule has 0 aromatic heterocycles. The molecule has 1 N–H and O–H groups in total. The summed E-state index contributed by atoms with van der Waals surface area (Å²) in [6, 6.07) is 0. The molecule has 1 atom stereocenters. The van der Waals surface area contributed by atoms with Crippen molar-refractivity contribution in [2.45, 2.75) is 14.3 Å². The van der Waals surface area contributed by atoms with Crippen molar-refractivity contribution in [3.8, 4) is 0 Å². The molecule has 0 saturated heterocycles. The molecule has 0 aliphatic carbocycles. The molecule has 8 heteroatoms. The molecule has 3 nitrogen and oxygen atoms in total. The summed E-state index contributed by atoms with van der Waals surface area (Å²) in [5.74, 6) is 0. The molecule has 0 saturated carbocycles. The third kappa shape index (κ3) is 2.21. The molecule has 76 valence electrons. The summed E-state index contributed by atoms with van der Waals surface area (Å²) < 4.78 is -3.38. The van der Waals surface area contributed by atoms with E-state index in [2.05, 4.69) is 10.5 Å². The first-order valence-corrected chi connectivity index (χ1v) is 5.11. The Morgan fingerprint density at radius 1 is 1.31 bits per heavy atom. The zero-order valence-electron chi connectivity index (χ0n) is 6.44. The Morgan fingerprint density at radius 3 is 2.15 bits per heavy atom. The van der Waals surface area contributed by atoms with Crippen molar-refractivity contribution in [2.75, 3.05) is 7.05 Å². The van der Waals surface area contributed by atoms with Crippen LogP contribution in [0.3, 0.4) is 0 Å². The molecule has 1 heterocycles. The fourth-order valence-corrected chi connectivity index (χ4v) is 1.56. The SMILES string of the molecule is CN1C=NNC1C(Cl)(Cl)C(Cl)(Cl)Cl. The summed E-state index contributed by atoms with van der Waals surface area (Å²) in [7, 11) is 1.71. The third-order valence-corrected chi connectivity index (χ3v) is 4.02. The Labute approximate surface area is 101 Å². The van der Waals surface area contributed by atoms with E-state index in [9.17, 15) is 0 Å². The largest absolute Gasteiger partial charge is 0.340 e. The lowest BCUT2D eigenvalue weighted by atomic mass is 10.3. The monoisotopic (exact) mass is 283 g/mol. The van der Waals surface area contributed by atoms with Gasteiger partial charge in [-0.3, -0.25) is 5.43 Å². The lowest BCUT2D eigenvalue weighted by Gasteiger charge is -2.35. The van der Waals surface area contributed by atoms with Gasteiger partial charge >= 0.3 is 0 Å². The molecule has 0 amide bonds. The zero-order chi connectivity index (χ0) is 10.3. The topological polar surface area (TPSA) is 27.6 Å². The molecule has 0 fully saturated rings. The summed E-state index contributed by atoms with van der Waals surface area (Å²) in [4.78, 5) is 1.61. The number of nitrogens with zero attached hydrogens (tertiary/aromatic N) is 2.